The Morgan fingerprint density at radius 2 is 1.76 bits per heavy atom. The fourth-order valence-electron chi connectivity index (χ4n) is 2.45. The first-order valence-electron chi connectivity index (χ1n) is 7.24. The number of aliphatic hydroxyl groups is 1. The molecule has 21 heavy (non-hydrogen) atoms. The van der Waals surface area contributed by atoms with E-state index < -0.39 is 0 Å². The molecule has 2 unspecified atom stereocenters. The van der Waals surface area contributed by atoms with Crippen molar-refractivity contribution >= 4 is 0 Å². The second kappa shape index (κ2) is 7.93. The molecule has 2 rings (SSSR count). The summed E-state index contributed by atoms with van der Waals surface area (Å²) in [5.41, 5.74) is 3.31. The van der Waals surface area contributed by atoms with Crippen LogP contribution in [-0.4, -0.2) is 18.8 Å². The lowest BCUT2D eigenvalue weighted by molar-refractivity contribution is 0.162. The molecule has 0 radical (unpaired) electrons. The van der Waals surface area contributed by atoms with Gasteiger partial charge in [-0.15, -0.1) is 0 Å². The summed E-state index contributed by atoms with van der Waals surface area (Å²) in [7, 11) is 1.72. The van der Waals surface area contributed by atoms with Crippen molar-refractivity contribution in [3.63, 3.8) is 0 Å². The van der Waals surface area contributed by atoms with E-state index in [9.17, 15) is 5.11 Å². The van der Waals surface area contributed by atoms with Crippen LogP contribution in [0.5, 0.6) is 0 Å². The molecule has 2 aromatic rings. The third-order valence-electron chi connectivity index (χ3n) is 3.62. The lowest BCUT2D eigenvalue weighted by Gasteiger charge is -2.24. The number of aliphatic hydroxyl groups excluding tert-OH is 1. The Bertz CT molecular complexity index is 542. The lowest BCUT2D eigenvalue weighted by atomic mass is 10.0. The highest BCUT2D eigenvalue weighted by molar-refractivity contribution is 5.26. The quantitative estimate of drug-likeness (QED) is 0.820. The largest absolute Gasteiger partial charge is 0.392 e. The van der Waals surface area contributed by atoms with Gasteiger partial charge in [-0.1, -0.05) is 54.6 Å². The van der Waals surface area contributed by atoms with Crippen molar-refractivity contribution in [2.45, 2.75) is 25.6 Å². The van der Waals surface area contributed by atoms with Gasteiger partial charge in [0.25, 0.3) is 0 Å². The zero-order valence-electron chi connectivity index (χ0n) is 12.6. The Balaban J connectivity index is 2.12. The topological polar surface area (TPSA) is 41.5 Å². The first-order valence-corrected chi connectivity index (χ1v) is 7.24. The molecular formula is C18H23NO2. The maximum atomic E-state index is 9.25. The minimum atomic E-state index is 0.0702. The van der Waals surface area contributed by atoms with Crippen molar-refractivity contribution in [1.82, 2.24) is 5.32 Å². The molecular weight excluding hydrogens is 262 g/mol. The third kappa shape index (κ3) is 4.39. The fraction of sp³-hybridized carbons (Fsp3) is 0.333. The highest BCUT2D eigenvalue weighted by Crippen LogP contribution is 2.20. The van der Waals surface area contributed by atoms with Gasteiger partial charge in [0.1, 0.15) is 0 Å². The summed E-state index contributed by atoms with van der Waals surface area (Å²) in [4.78, 5) is 0. The van der Waals surface area contributed by atoms with Crippen LogP contribution in [-0.2, 0) is 11.3 Å². The summed E-state index contributed by atoms with van der Waals surface area (Å²) in [6, 6.07) is 18.6. The van der Waals surface area contributed by atoms with Crippen LogP contribution in [0.4, 0.5) is 0 Å². The zero-order valence-corrected chi connectivity index (χ0v) is 12.6. The number of benzene rings is 2. The Morgan fingerprint density at radius 3 is 2.43 bits per heavy atom. The normalized spacial score (nSPS) is 13.9. The second-order valence-electron chi connectivity index (χ2n) is 5.21. The van der Waals surface area contributed by atoms with Crippen molar-refractivity contribution in [3.8, 4) is 0 Å². The van der Waals surface area contributed by atoms with Crippen molar-refractivity contribution in [2.24, 2.45) is 0 Å². The van der Waals surface area contributed by atoms with E-state index >= 15 is 0 Å². The van der Waals surface area contributed by atoms with E-state index in [0.29, 0.717) is 6.61 Å². The molecule has 0 aromatic heterocycles. The van der Waals surface area contributed by atoms with Crippen molar-refractivity contribution < 1.29 is 9.84 Å². The van der Waals surface area contributed by atoms with Crippen LogP contribution in [0.1, 0.15) is 35.7 Å². The monoisotopic (exact) mass is 285 g/mol. The number of nitrogens with one attached hydrogen (secondary N) is 1. The molecule has 0 saturated carbocycles. The van der Waals surface area contributed by atoms with Crippen LogP contribution in [0.15, 0.2) is 54.6 Å². The minimum Gasteiger partial charge on any atom is -0.392 e. The summed E-state index contributed by atoms with van der Waals surface area (Å²) < 4.78 is 5.34. The van der Waals surface area contributed by atoms with Gasteiger partial charge >= 0.3 is 0 Å². The predicted octanol–water partition coefficient (Wildman–Crippen LogP) is 3.22. The first-order chi connectivity index (χ1) is 10.2. The van der Waals surface area contributed by atoms with Gasteiger partial charge < -0.3 is 15.2 Å². The van der Waals surface area contributed by atoms with Gasteiger partial charge in [-0.25, -0.2) is 0 Å². The van der Waals surface area contributed by atoms with Crippen LogP contribution in [0.3, 0.4) is 0 Å². The SMILES string of the molecule is COCC(NC(C)c1cccc(CO)c1)c1ccccc1. The van der Waals surface area contributed by atoms with Crippen molar-refractivity contribution in [3.05, 3.63) is 71.3 Å². The Morgan fingerprint density at radius 1 is 1.05 bits per heavy atom. The fourth-order valence-corrected chi connectivity index (χ4v) is 2.45. The summed E-state index contributed by atoms with van der Waals surface area (Å²) >= 11 is 0. The maximum Gasteiger partial charge on any atom is 0.0681 e. The number of hydrogen-bond acceptors (Lipinski definition) is 3. The Labute approximate surface area is 126 Å². The van der Waals surface area contributed by atoms with Crippen molar-refractivity contribution in [1.29, 1.82) is 0 Å². The summed E-state index contributed by atoms with van der Waals surface area (Å²) in [5, 5.41) is 12.8. The van der Waals surface area contributed by atoms with Crippen molar-refractivity contribution in [2.75, 3.05) is 13.7 Å². The molecule has 0 aliphatic rings. The summed E-state index contributed by atoms with van der Waals surface area (Å²) in [6.45, 7) is 2.82. The molecule has 0 saturated heterocycles. The van der Waals surface area contributed by atoms with Gasteiger partial charge in [0.2, 0.25) is 0 Å². The molecule has 112 valence electrons. The molecule has 3 nitrogen and oxygen atoms in total. The Hall–Kier alpha value is -1.68. The highest BCUT2D eigenvalue weighted by Gasteiger charge is 2.15. The average molecular weight is 285 g/mol. The van der Waals surface area contributed by atoms with E-state index in [1.165, 1.54) is 11.1 Å². The summed E-state index contributed by atoms with van der Waals surface area (Å²) in [5.74, 6) is 0. The van der Waals surface area contributed by atoms with Crippen LogP contribution < -0.4 is 5.32 Å². The van der Waals surface area contributed by atoms with Crippen LogP contribution in [0.2, 0.25) is 0 Å². The average Bonchev–Trinajstić information content (AvgIpc) is 2.55. The molecule has 2 aromatic carbocycles. The van der Waals surface area contributed by atoms with Crippen LogP contribution in [0, 0.1) is 0 Å². The maximum absolute atomic E-state index is 9.25. The molecule has 0 bridgehead atoms. The second-order valence-corrected chi connectivity index (χ2v) is 5.21. The minimum absolute atomic E-state index is 0.0702. The number of ether oxygens (including phenoxy) is 1. The summed E-state index contributed by atoms with van der Waals surface area (Å²) in [6.07, 6.45) is 0. The van der Waals surface area contributed by atoms with Crippen LogP contribution >= 0.6 is 0 Å². The molecule has 0 aliphatic heterocycles. The number of methoxy groups -OCH3 is 1. The van der Waals surface area contributed by atoms with E-state index in [1.54, 1.807) is 7.11 Å². The molecule has 0 amide bonds. The number of hydrogen-bond donors (Lipinski definition) is 2. The zero-order chi connectivity index (χ0) is 15.1. The Kier molecular flexibility index (Phi) is 5.93. The van der Waals surface area contributed by atoms with Crippen LogP contribution in [0.25, 0.3) is 0 Å². The first kappa shape index (κ1) is 15.7. The van der Waals surface area contributed by atoms with E-state index in [-0.39, 0.29) is 18.7 Å². The molecule has 0 spiro atoms. The van der Waals surface area contributed by atoms with E-state index in [0.717, 1.165) is 5.56 Å². The van der Waals surface area contributed by atoms with Gasteiger partial charge in [0.05, 0.1) is 19.3 Å². The predicted molar refractivity (Wildman–Crippen MR) is 85.0 cm³/mol. The van der Waals surface area contributed by atoms with E-state index in [2.05, 4.69) is 30.4 Å². The molecule has 0 fully saturated rings. The third-order valence-corrected chi connectivity index (χ3v) is 3.62. The van der Waals surface area contributed by atoms with Gasteiger partial charge in [-0.2, -0.15) is 0 Å². The number of rotatable bonds is 7. The van der Waals surface area contributed by atoms with Gasteiger partial charge in [-0.3, -0.25) is 0 Å². The lowest BCUT2D eigenvalue weighted by Crippen LogP contribution is -2.28. The highest BCUT2D eigenvalue weighted by atomic mass is 16.5. The van der Waals surface area contributed by atoms with E-state index in [1.807, 2.05) is 36.4 Å². The van der Waals surface area contributed by atoms with Gasteiger partial charge in [0, 0.05) is 13.2 Å². The molecule has 0 aliphatic carbocycles. The smallest absolute Gasteiger partial charge is 0.0681 e. The van der Waals surface area contributed by atoms with E-state index in [4.69, 9.17) is 4.74 Å². The molecule has 3 heteroatoms. The van der Waals surface area contributed by atoms with Gasteiger partial charge in [-0.05, 0) is 23.6 Å². The molecule has 2 N–H and O–H groups in total. The standard InChI is InChI=1S/C18H23NO2/c1-14(17-10-6-7-15(11-17)12-20)19-18(13-21-2)16-8-4-3-5-9-16/h3-11,14,18-20H,12-13H2,1-2H3. The molecule has 2 atom stereocenters. The molecule has 0 heterocycles. The van der Waals surface area contributed by atoms with Gasteiger partial charge in [0.15, 0.2) is 0 Å².